The maximum Gasteiger partial charge on any atom is 0.227 e. The van der Waals surface area contributed by atoms with Gasteiger partial charge in [-0.3, -0.25) is 9.59 Å². The first-order chi connectivity index (χ1) is 15.0. The lowest BCUT2D eigenvalue weighted by Crippen LogP contribution is -2.35. The summed E-state index contributed by atoms with van der Waals surface area (Å²) in [7, 11) is 4.48. The molecule has 0 bridgehead atoms. The molecule has 0 saturated carbocycles. The maximum absolute atomic E-state index is 13.5. The zero-order valence-corrected chi connectivity index (χ0v) is 17.6. The van der Waals surface area contributed by atoms with Crippen LogP contribution in [0.1, 0.15) is 6.42 Å². The molecular weight excluding hydrogens is 407 g/mol. The first kappa shape index (κ1) is 22.2. The van der Waals surface area contributed by atoms with Crippen molar-refractivity contribution in [1.29, 1.82) is 0 Å². The average molecular weight is 432 g/mol. The van der Waals surface area contributed by atoms with Gasteiger partial charge in [0.05, 0.1) is 39.5 Å². The molecule has 0 unspecified atom stereocenters. The fraction of sp³-hybridized carbons (Fsp3) is 0.364. The third kappa shape index (κ3) is 4.99. The van der Waals surface area contributed by atoms with E-state index in [4.69, 9.17) is 18.9 Å². The van der Waals surface area contributed by atoms with E-state index in [-0.39, 0.29) is 43.7 Å². The molecule has 3 rings (SSSR count). The number of rotatable bonds is 9. The van der Waals surface area contributed by atoms with Crippen LogP contribution >= 0.6 is 0 Å². The molecule has 1 aliphatic heterocycles. The topological polar surface area (TPSA) is 86.3 Å². The van der Waals surface area contributed by atoms with Crippen LogP contribution in [0.15, 0.2) is 36.4 Å². The van der Waals surface area contributed by atoms with E-state index in [0.29, 0.717) is 22.9 Å². The van der Waals surface area contributed by atoms with Crippen molar-refractivity contribution in [2.45, 2.75) is 6.42 Å². The Balaban J connectivity index is 1.59. The Morgan fingerprint density at radius 2 is 1.77 bits per heavy atom. The lowest BCUT2D eigenvalue weighted by Gasteiger charge is -2.20. The predicted octanol–water partition coefficient (Wildman–Crippen LogP) is 2.40. The Morgan fingerprint density at radius 3 is 2.39 bits per heavy atom. The molecule has 0 aliphatic carbocycles. The summed E-state index contributed by atoms with van der Waals surface area (Å²) in [6, 6.07) is 9.39. The highest BCUT2D eigenvalue weighted by Gasteiger charge is 2.35. The lowest BCUT2D eigenvalue weighted by molar-refractivity contribution is -0.126. The molecular formula is C22H25FN2O6. The standard InChI is InChI=1S/C22H25FN2O6/c1-28-18-11-15(12-19(29-2)21(18)30-3)25-13-14(10-20(25)26)22(27)24-8-9-31-17-7-5-4-6-16(17)23/h4-7,11-12,14H,8-10,13H2,1-3H3,(H,24,27)/t14-/m0/s1. The number of carbonyl (C=O) groups is 2. The van der Waals surface area contributed by atoms with Gasteiger partial charge in [0.1, 0.15) is 6.61 Å². The summed E-state index contributed by atoms with van der Waals surface area (Å²) < 4.78 is 34.8. The fourth-order valence-corrected chi connectivity index (χ4v) is 3.40. The second kappa shape index (κ2) is 10.0. The van der Waals surface area contributed by atoms with Gasteiger partial charge in [-0.15, -0.1) is 0 Å². The highest BCUT2D eigenvalue weighted by atomic mass is 19.1. The average Bonchev–Trinajstić information content (AvgIpc) is 3.18. The number of ether oxygens (including phenoxy) is 4. The van der Waals surface area contributed by atoms with Crippen LogP contribution in [0.5, 0.6) is 23.0 Å². The van der Waals surface area contributed by atoms with Crippen LogP contribution in [0.3, 0.4) is 0 Å². The maximum atomic E-state index is 13.5. The van der Waals surface area contributed by atoms with Crippen LogP contribution < -0.4 is 29.2 Å². The highest BCUT2D eigenvalue weighted by molar-refractivity contribution is 6.00. The smallest absolute Gasteiger partial charge is 0.227 e. The monoisotopic (exact) mass is 432 g/mol. The van der Waals surface area contributed by atoms with E-state index in [0.717, 1.165) is 0 Å². The lowest BCUT2D eigenvalue weighted by atomic mass is 10.1. The van der Waals surface area contributed by atoms with E-state index in [1.807, 2.05) is 0 Å². The van der Waals surface area contributed by atoms with Crippen molar-refractivity contribution >= 4 is 17.5 Å². The second-order valence-electron chi connectivity index (χ2n) is 6.86. The Morgan fingerprint density at radius 1 is 1.10 bits per heavy atom. The van der Waals surface area contributed by atoms with Gasteiger partial charge in [-0.25, -0.2) is 4.39 Å². The van der Waals surface area contributed by atoms with Crippen LogP contribution in [-0.4, -0.2) is 52.8 Å². The molecule has 1 aliphatic rings. The minimum absolute atomic E-state index is 0.0800. The molecule has 0 aromatic heterocycles. The molecule has 2 aromatic rings. The van der Waals surface area contributed by atoms with Gasteiger partial charge in [0.15, 0.2) is 23.1 Å². The van der Waals surface area contributed by atoms with Crippen molar-refractivity contribution in [3.63, 3.8) is 0 Å². The van der Waals surface area contributed by atoms with Crippen molar-refractivity contribution in [3.05, 3.63) is 42.2 Å². The molecule has 8 nitrogen and oxygen atoms in total. The second-order valence-corrected chi connectivity index (χ2v) is 6.86. The number of nitrogens with zero attached hydrogens (tertiary/aromatic N) is 1. The van der Waals surface area contributed by atoms with Crippen LogP contribution in [0.4, 0.5) is 10.1 Å². The molecule has 0 spiro atoms. The van der Waals surface area contributed by atoms with Crippen LogP contribution in [0, 0.1) is 11.7 Å². The predicted molar refractivity (Wildman–Crippen MR) is 111 cm³/mol. The quantitative estimate of drug-likeness (QED) is 0.613. The number of hydrogen-bond donors (Lipinski definition) is 1. The minimum atomic E-state index is -0.514. The molecule has 1 heterocycles. The molecule has 2 aromatic carbocycles. The van der Waals surface area contributed by atoms with Crippen LogP contribution in [0.2, 0.25) is 0 Å². The van der Waals surface area contributed by atoms with E-state index in [1.165, 1.54) is 38.4 Å². The van der Waals surface area contributed by atoms with Crippen molar-refractivity contribution in [1.82, 2.24) is 5.32 Å². The minimum Gasteiger partial charge on any atom is -0.493 e. The summed E-state index contributed by atoms with van der Waals surface area (Å²) in [5, 5.41) is 2.74. The zero-order chi connectivity index (χ0) is 22.4. The van der Waals surface area contributed by atoms with Crippen molar-refractivity contribution < 1.29 is 32.9 Å². The normalized spacial score (nSPS) is 15.5. The third-order valence-corrected chi connectivity index (χ3v) is 4.95. The summed E-state index contributed by atoms with van der Waals surface area (Å²) in [6.07, 6.45) is 0.0800. The molecule has 2 amide bonds. The Labute approximate surface area is 179 Å². The van der Waals surface area contributed by atoms with Crippen molar-refractivity contribution in [3.8, 4) is 23.0 Å². The number of methoxy groups -OCH3 is 3. The van der Waals surface area contributed by atoms with Gasteiger partial charge < -0.3 is 29.2 Å². The molecule has 31 heavy (non-hydrogen) atoms. The largest absolute Gasteiger partial charge is 0.493 e. The Hall–Kier alpha value is -3.49. The molecule has 9 heteroatoms. The molecule has 166 valence electrons. The highest BCUT2D eigenvalue weighted by Crippen LogP contribution is 2.42. The number of halogens is 1. The number of anilines is 1. The Bertz CT molecular complexity index is 926. The van der Waals surface area contributed by atoms with Gasteiger partial charge in [0.2, 0.25) is 17.6 Å². The first-order valence-electron chi connectivity index (χ1n) is 9.73. The summed E-state index contributed by atoms with van der Waals surface area (Å²) in [6.45, 7) is 0.531. The van der Waals surface area contributed by atoms with Gasteiger partial charge in [0.25, 0.3) is 0 Å². The number of para-hydroxylation sites is 1. The molecule has 0 radical (unpaired) electrons. The van der Waals surface area contributed by atoms with E-state index < -0.39 is 11.7 Å². The van der Waals surface area contributed by atoms with Gasteiger partial charge in [-0.1, -0.05) is 12.1 Å². The van der Waals surface area contributed by atoms with E-state index in [2.05, 4.69) is 5.32 Å². The molecule has 1 atom stereocenters. The summed E-state index contributed by atoms with van der Waals surface area (Å²) in [5.74, 6) is -0.0367. The summed E-state index contributed by atoms with van der Waals surface area (Å²) >= 11 is 0. The molecule has 1 fully saturated rings. The number of nitrogens with one attached hydrogen (secondary N) is 1. The van der Waals surface area contributed by atoms with Gasteiger partial charge >= 0.3 is 0 Å². The number of carbonyl (C=O) groups excluding carboxylic acids is 2. The number of amides is 2. The molecule has 1 N–H and O–H groups in total. The van der Waals surface area contributed by atoms with E-state index >= 15 is 0 Å². The van der Waals surface area contributed by atoms with Crippen molar-refractivity contribution in [2.75, 3.05) is 45.9 Å². The number of hydrogen-bond acceptors (Lipinski definition) is 6. The number of benzene rings is 2. The van der Waals surface area contributed by atoms with Gasteiger partial charge in [-0.05, 0) is 12.1 Å². The third-order valence-electron chi connectivity index (χ3n) is 4.95. The Kier molecular flexibility index (Phi) is 7.17. The van der Waals surface area contributed by atoms with E-state index in [9.17, 15) is 14.0 Å². The van der Waals surface area contributed by atoms with Gasteiger partial charge in [-0.2, -0.15) is 0 Å². The van der Waals surface area contributed by atoms with E-state index in [1.54, 1.807) is 24.3 Å². The summed E-state index contributed by atoms with van der Waals surface area (Å²) in [5.41, 5.74) is 0.553. The van der Waals surface area contributed by atoms with Gasteiger partial charge in [0, 0.05) is 25.1 Å². The van der Waals surface area contributed by atoms with Crippen LogP contribution in [0.25, 0.3) is 0 Å². The molecule has 1 saturated heterocycles. The van der Waals surface area contributed by atoms with Crippen molar-refractivity contribution in [2.24, 2.45) is 5.92 Å². The zero-order valence-electron chi connectivity index (χ0n) is 17.6. The first-order valence-corrected chi connectivity index (χ1v) is 9.73. The SMILES string of the molecule is COc1cc(N2C[C@@H](C(=O)NCCOc3ccccc3F)CC2=O)cc(OC)c1OC. The van der Waals surface area contributed by atoms with Crippen LogP contribution in [-0.2, 0) is 9.59 Å². The fourth-order valence-electron chi connectivity index (χ4n) is 3.40. The summed E-state index contributed by atoms with van der Waals surface area (Å²) in [4.78, 5) is 26.6.